The van der Waals surface area contributed by atoms with E-state index in [4.69, 9.17) is 0 Å². The zero-order chi connectivity index (χ0) is 14.1. The van der Waals surface area contributed by atoms with Crippen LogP contribution in [0.25, 0.3) is 0 Å². The van der Waals surface area contributed by atoms with Gasteiger partial charge in [-0.05, 0) is 24.0 Å². The zero-order valence-electron chi connectivity index (χ0n) is 12.9. The van der Waals surface area contributed by atoms with Crippen LogP contribution in [-0.4, -0.2) is 11.7 Å². The molecule has 1 heteroatoms. The molecule has 0 unspecified atom stereocenters. The Morgan fingerprint density at radius 3 is 2.05 bits per heavy atom. The number of unbranched alkanes of at least 4 members (excludes halogenated alkanes) is 5. The van der Waals surface area contributed by atoms with E-state index >= 15 is 0 Å². The standard InChI is InChI=1S/C18H30O/c1-4-5-6-7-8-9-10-16-11-13-17(14-12-16)18(2,3)15-19/h11-14,19H,4-10,15H2,1-3H3. The van der Waals surface area contributed by atoms with Crippen molar-refractivity contribution >= 4 is 0 Å². The van der Waals surface area contributed by atoms with E-state index in [0.29, 0.717) is 0 Å². The maximum atomic E-state index is 9.36. The molecule has 1 aromatic rings. The number of aliphatic hydroxyl groups excluding tert-OH is 1. The van der Waals surface area contributed by atoms with Gasteiger partial charge in [0.05, 0.1) is 6.61 Å². The van der Waals surface area contributed by atoms with Gasteiger partial charge in [-0.25, -0.2) is 0 Å². The fourth-order valence-electron chi connectivity index (χ4n) is 2.32. The van der Waals surface area contributed by atoms with Gasteiger partial charge in [-0.2, -0.15) is 0 Å². The van der Waals surface area contributed by atoms with Crippen molar-refractivity contribution in [1.29, 1.82) is 0 Å². The SMILES string of the molecule is CCCCCCCCc1ccc(C(C)(C)CO)cc1. The molecule has 0 aliphatic carbocycles. The Bertz CT molecular complexity index is 337. The predicted octanol–water partition coefficient (Wildman–Crippen LogP) is 4.86. The molecule has 108 valence electrons. The van der Waals surface area contributed by atoms with Gasteiger partial charge in [-0.1, -0.05) is 77.1 Å². The average molecular weight is 262 g/mol. The highest BCUT2D eigenvalue weighted by Gasteiger charge is 2.18. The Morgan fingerprint density at radius 2 is 1.47 bits per heavy atom. The molecule has 0 aromatic heterocycles. The normalized spacial score (nSPS) is 11.8. The third-order valence-electron chi connectivity index (χ3n) is 3.95. The first kappa shape index (κ1) is 16.2. The Balaban J connectivity index is 2.32. The van der Waals surface area contributed by atoms with E-state index < -0.39 is 0 Å². The van der Waals surface area contributed by atoms with Crippen LogP contribution in [-0.2, 0) is 11.8 Å². The molecule has 0 aliphatic heterocycles. The average Bonchev–Trinajstić information content (AvgIpc) is 2.43. The van der Waals surface area contributed by atoms with Gasteiger partial charge in [0, 0.05) is 5.41 Å². The highest BCUT2D eigenvalue weighted by atomic mass is 16.3. The smallest absolute Gasteiger partial charge is 0.0522 e. The molecule has 1 rings (SSSR count). The Labute approximate surface area is 119 Å². The minimum Gasteiger partial charge on any atom is -0.395 e. The third-order valence-corrected chi connectivity index (χ3v) is 3.95. The van der Waals surface area contributed by atoms with E-state index in [0.717, 1.165) is 0 Å². The second kappa shape index (κ2) is 8.37. The molecule has 0 atom stereocenters. The van der Waals surface area contributed by atoms with Crippen molar-refractivity contribution in [1.82, 2.24) is 0 Å². The first-order valence-electron chi connectivity index (χ1n) is 7.80. The van der Waals surface area contributed by atoms with Gasteiger partial charge in [-0.3, -0.25) is 0 Å². The van der Waals surface area contributed by atoms with E-state index in [1.165, 1.54) is 56.1 Å². The second-order valence-electron chi connectivity index (χ2n) is 6.26. The first-order chi connectivity index (χ1) is 9.10. The zero-order valence-corrected chi connectivity index (χ0v) is 12.9. The predicted molar refractivity (Wildman–Crippen MR) is 83.6 cm³/mol. The summed E-state index contributed by atoms with van der Waals surface area (Å²) in [7, 11) is 0. The highest BCUT2D eigenvalue weighted by molar-refractivity contribution is 5.28. The lowest BCUT2D eigenvalue weighted by atomic mass is 9.85. The number of hydrogen-bond donors (Lipinski definition) is 1. The van der Waals surface area contributed by atoms with Crippen molar-refractivity contribution in [3.63, 3.8) is 0 Å². The fourth-order valence-corrected chi connectivity index (χ4v) is 2.32. The van der Waals surface area contributed by atoms with Gasteiger partial charge in [0.15, 0.2) is 0 Å². The van der Waals surface area contributed by atoms with Crippen LogP contribution in [0.15, 0.2) is 24.3 Å². The molecular formula is C18H30O. The molecular weight excluding hydrogens is 232 g/mol. The van der Waals surface area contributed by atoms with E-state index in [-0.39, 0.29) is 12.0 Å². The summed E-state index contributed by atoms with van der Waals surface area (Å²) in [6, 6.07) is 8.78. The minimum absolute atomic E-state index is 0.126. The fraction of sp³-hybridized carbons (Fsp3) is 0.667. The molecule has 0 saturated carbocycles. The van der Waals surface area contributed by atoms with Gasteiger partial charge in [0.1, 0.15) is 0 Å². The van der Waals surface area contributed by atoms with Crippen molar-refractivity contribution < 1.29 is 5.11 Å². The number of benzene rings is 1. The monoisotopic (exact) mass is 262 g/mol. The Morgan fingerprint density at radius 1 is 0.895 bits per heavy atom. The molecule has 0 fully saturated rings. The van der Waals surface area contributed by atoms with Crippen molar-refractivity contribution in [2.75, 3.05) is 6.61 Å². The quantitative estimate of drug-likeness (QED) is 0.630. The van der Waals surface area contributed by atoms with Crippen LogP contribution in [0.5, 0.6) is 0 Å². The molecule has 19 heavy (non-hydrogen) atoms. The number of aryl methyl sites for hydroxylation is 1. The van der Waals surface area contributed by atoms with Crippen molar-refractivity contribution in [3.05, 3.63) is 35.4 Å². The van der Waals surface area contributed by atoms with E-state index in [1.54, 1.807) is 0 Å². The van der Waals surface area contributed by atoms with Crippen LogP contribution in [0.1, 0.15) is 70.4 Å². The number of hydrogen-bond acceptors (Lipinski definition) is 1. The van der Waals surface area contributed by atoms with Crippen molar-refractivity contribution in [2.24, 2.45) is 0 Å². The molecule has 1 N–H and O–H groups in total. The van der Waals surface area contributed by atoms with Crippen LogP contribution >= 0.6 is 0 Å². The summed E-state index contributed by atoms with van der Waals surface area (Å²) in [6.07, 6.45) is 9.30. The first-order valence-corrected chi connectivity index (χ1v) is 7.80. The molecule has 0 aliphatic rings. The lowest BCUT2D eigenvalue weighted by Crippen LogP contribution is -2.21. The van der Waals surface area contributed by atoms with Crippen LogP contribution in [0.2, 0.25) is 0 Å². The van der Waals surface area contributed by atoms with E-state index in [9.17, 15) is 5.11 Å². The summed E-state index contributed by atoms with van der Waals surface area (Å²) < 4.78 is 0. The van der Waals surface area contributed by atoms with Gasteiger partial charge in [0.2, 0.25) is 0 Å². The summed E-state index contributed by atoms with van der Waals surface area (Å²) >= 11 is 0. The maximum Gasteiger partial charge on any atom is 0.0522 e. The summed E-state index contributed by atoms with van der Waals surface area (Å²) in [5.74, 6) is 0. The molecule has 0 bridgehead atoms. The second-order valence-corrected chi connectivity index (χ2v) is 6.26. The lowest BCUT2D eigenvalue weighted by Gasteiger charge is -2.22. The summed E-state index contributed by atoms with van der Waals surface area (Å²) in [5, 5.41) is 9.36. The Hall–Kier alpha value is -0.820. The van der Waals surface area contributed by atoms with Gasteiger partial charge >= 0.3 is 0 Å². The molecule has 0 spiro atoms. The summed E-state index contributed by atoms with van der Waals surface area (Å²) in [6.45, 7) is 6.62. The van der Waals surface area contributed by atoms with Gasteiger partial charge in [0.25, 0.3) is 0 Å². The van der Waals surface area contributed by atoms with Gasteiger partial charge in [-0.15, -0.1) is 0 Å². The molecule has 0 radical (unpaired) electrons. The van der Waals surface area contributed by atoms with Crippen LogP contribution < -0.4 is 0 Å². The molecule has 1 aromatic carbocycles. The Kier molecular flexibility index (Phi) is 7.15. The van der Waals surface area contributed by atoms with Crippen LogP contribution in [0.4, 0.5) is 0 Å². The molecule has 0 saturated heterocycles. The van der Waals surface area contributed by atoms with Crippen molar-refractivity contribution in [3.8, 4) is 0 Å². The highest BCUT2D eigenvalue weighted by Crippen LogP contribution is 2.23. The summed E-state index contributed by atoms with van der Waals surface area (Å²) in [5.41, 5.74) is 2.52. The van der Waals surface area contributed by atoms with Crippen LogP contribution in [0.3, 0.4) is 0 Å². The summed E-state index contributed by atoms with van der Waals surface area (Å²) in [4.78, 5) is 0. The number of rotatable bonds is 9. The molecule has 1 nitrogen and oxygen atoms in total. The molecule has 0 amide bonds. The van der Waals surface area contributed by atoms with E-state index in [2.05, 4.69) is 45.0 Å². The van der Waals surface area contributed by atoms with Crippen LogP contribution in [0, 0.1) is 0 Å². The molecule has 0 heterocycles. The van der Waals surface area contributed by atoms with Gasteiger partial charge < -0.3 is 5.11 Å². The largest absolute Gasteiger partial charge is 0.395 e. The minimum atomic E-state index is -0.126. The maximum absolute atomic E-state index is 9.36. The topological polar surface area (TPSA) is 20.2 Å². The third kappa shape index (κ3) is 5.78. The van der Waals surface area contributed by atoms with Crippen molar-refractivity contribution in [2.45, 2.75) is 71.1 Å². The number of aliphatic hydroxyl groups is 1. The lowest BCUT2D eigenvalue weighted by molar-refractivity contribution is 0.218. The van der Waals surface area contributed by atoms with E-state index in [1.807, 2.05) is 0 Å².